The maximum atomic E-state index is 12.5. The normalized spacial score (nSPS) is 10.2. The van der Waals surface area contributed by atoms with Gasteiger partial charge in [0.1, 0.15) is 24.4 Å². The molecule has 0 fully saturated rings. The summed E-state index contributed by atoms with van der Waals surface area (Å²) in [7, 11) is 2.97. The Balaban J connectivity index is 1.59. The standard InChI is InChI=1S/C20H20N6O6/c1-30-14-7-13(8-15(9-14)31-2)22-19(28)11-32-20(29)16-5-3-4-6-17(16)23-18(27)10-26-12-21-24-25-26/h3-9,12H,10-11H2,1-2H3,(H,22,28)(H,23,27). The summed E-state index contributed by atoms with van der Waals surface area (Å²) >= 11 is 0. The molecule has 3 aromatic rings. The van der Waals surface area contributed by atoms with Crippen molar-refractivity contribution >= 4 is 29.2 Å². The van der Waals surface area contributed by atoms with Gasteiger partial charge in [-0.2, -0.15) is 0 Å². The second-order valence-electron chi connectivity index (χ2n) is 6.33. The second kappa shape index (κ2) is 10.5. The summed E-state index contributed by atoms with van der Waals surface area (Å²) in [5.41, 5.74) is 0.736. The van der Waals surface area contributed by atoms with Crippen molar-refractivity contribution in [1.82, 2.24) is 20.2 Å². The quantitative estimate of drug-likeness (QED) is 0.467. The summed E-state index contributed by atoms with van der Waals surface area (Å²) in [5.74, 6) is -0.802. The number of hydrogen-bond donors (Lipinski definition) is 2. The van der Waals surface area contributed by atoms with Gasteiger partial charge in [-0.1, -0.05) is 12.1 Å². The van der Waals surface area contributed by atoms with E-state index < -0.39 is 24.4 Å². The molecule has 12 nitrogen and oxygen atoms in total. The van der Waals surface area contributed by atoms with E-state index in [9.17, 15) is 14.4 Å². The molecule has 0 spiro atoms. The van der Waals surface area contributed by atoms with Gasteiger partial charge in [0.25, 0.3) is 5.91 Å². The third-order valence-electron chi connectivity index (χ3n) is 4.09. The Morgan fingerprint density at radius 3 is 2.34 bits per heavy atom. The van der Waals surface area contributed by atoms with Crippen LogP contribution in [0, 0.1) is 0 Å². The van der Waals surface area contributed by atoms with E-state index in [2.05, 4.69) is 26.2 Å². The van der Waals surface area contributed by atoms with E-state index in [0.29, 0.717) is 17.2 Å². The summed E-state index contributed by atoms with van der Waals surface area (Å²) in [4.78, 5) is 36.9. The van der Waals surface area contributed by atoms with Crippen molar-refractivity contribution in [3.63, 3.8) is 0 Å². The van der Waals surface area contributed by atoms with Crippen molar-refractivity contribution in [3.05, 3.63) is 54.4 Å². The average molecular weight is 440 g/mol. The van der Waals surface area contributed by atoms with Crippen LogP contribution in [0.2, 0.25) is 0 Å². The van der Waals surface area contributed by atoms with Gasteiger partial charge < -0.3 is 24.8 Å². The Morgan fingerprint density at radius 1 is 0.969 bits per heavy atom. The molecule has 0 aliphatic heterocycles. The number of amides is 2. The van der Waals surface area contributed by atoms with Crippen LogP contribution in [-0.2, 0) is 20.9 Å². The number of rotatable bonds is 9. The van der Waals surface area contributed by atoms with Gasteiger partial charge in [-0.05, 0) is 22.6 Å². The highest BCUT2D eigenvalue weighted by molar-refractivity contribution is 6.02. The molecule has 0 aliphatic rings. The van der Waals surface area contributed by atoms with Crippen molar-refractivity contribution < 1.29 is 28.6 Å². The zero-order valence-corrected chi connectivity index (χ0v) is 17.3. The van der Waals surface area contributed by atoms with Crippen LogP contribution < -0.4 is 20.1 Å². The molecule has 0 unspecified atom stereocenters. The molecule has 1 heterocycles. The minimum atomic E-state index is -0.776. The monoisotopic (exact) mass is 440 g/mol. The topological polar surface area (TPSA) is 147 Å². The lowest BCUT2D eigenvalue weighted by Crippen LogP contribution is -2.23. The largest absolute Gasteiger partial charge is 0.497 e. The van der Waals surface area contributed by atoms with Crippen LogP contribution in [0.4, 0.5) is 11.4 Å². The Morgan fingerprint density at radius 2 is 1.69 bits per heavy atom. The highest BCUT2D eigenvalue weighted by Gasteiger charge is 2.16. The number of methoxy groups -OCH3 is 2. The summed E-state index contributed by atoms with van der Waals surface area (Å²) in [6, 6.07) is 11.1. The SMILES string of the molecule is COc1cc(NC(=O)COC(=O)c2ccccc2NC(=O)Cn2cnnn2)cc(OC)c1. The molecule has 2 amide bonds. The van der Waals surface area contributed by atoms with Gasteiger partial charge in [-0.15, -0.1) is 5.10 Å². The van der Waals surface area contributed by atoms with Crippen LogP contribution in [0.15, 0.2) is 48.8 Å². The van der Waals surface area contributed by atoms with E-state index in [4.69, 9.17) is 14.2 Å². The summed E-state index contributed by atoms with van der Waals surface area (Å²) in [6.07, 6.45) is 1.29. The average Bonchev–Trinajstić information content (AvgIpc) is 3.30. The number of benzene rings is 2. The van der Waals surface area contributed by atoms with E-state index in [1.807, 2.05) is 0 Å². The highest BCUT2D eigenvalue weighted by atomic mass is 16.5. The van der Waals surface area contributed by atoms with Gasteiger partial charge in [-0.25, -0.2) is 9.48 Å². The first-order chi connectivity index (χ1) is 15.5. The number of carbonyl (C=O) groups is 3. The van der Waals surface area contributed by atoms with Crippen LogP contribution in [0.25, 0.3) is 0 Å². The van der Waals surface area contributed by atoms with Gasteiger partial charge in [-0.3, -0.25) is 9.59 Å². The number of esters is 1. The molecular formula is C20H20N6O6. The summed E-state index contributed by atoms with van der Waals surface area (Å²) in [6.45, 7) is -0.673. The summed E-state index contributed by atoms with van der Waals surface area (Å²) < 4.78 is 16.6. The highest BCUT2D eigenvalue weighted by Crippen LogP contribution is 2.25. The fourth-order valence-corrected chi connectivity index (χ4v) is 2.65. The predicted molar refractivity (Wildman–Crippen MR) is 111 cm³/mol. The molecule has 32 heavy (non-hydrogen) atoms. The number of para-hydroxylation sites is 1. The molecule has 0 aliphatic carbocycles. The fraction of sp³-hybridized carbons (Fsp3) is 0.200. The molecule has 0 saturated heterocycles. The van der Waals surface area contributed by atoms with Gasteiger partial charge >= 0.3 is 5.97 Å². The number of hydrogen-bond acceptors (Lipinski definition) is 9. The Hall–Kier alpha value is -4.48. The molecule has 0 saturated carbocycles. The lowest BCUT2D eigenvalue weighted by Gasteiger charge is -2.12. The lowest BCUT2D eigenvalue weighted by molar-refractivity contribution is -0.119. The van der Waals surface area contributed by atoms with Crippen LogP contribution in [0.5, 0.6) is 11.5 Å². The minimum absolute atomic E-state index is 0.0911. The molecule has 2 aromatic carbocycles. The molecule has 12 heteroatoms. The van der Waals surface area contributed by atoms with Gasteiger partial charge in [0, 0.05) is 23.9 Å². The van der Waals surface area contributed by atoms with Crippen LogP contribution in [-0.4, -0.2) is 58.8 Å². The molecule has 0 bridgehead atoms. The van der Waals surface area contributed by atoms with E-state index in [-0.39, 0.29) is 17.8 Å². The summed E-state index contributed by atoms with van der Waals surface area (Å²) in [5, 5.41) is 15.7. The zero-order valence-electron chi connectivity index (χ0n) is 17.3. The predicted octanol–water partition coefficient (Wildman–Crippen LogP) is 1.12. The number of nitrogens with zero attached hydrogens (tertiary/aromatic N) is 4. The minimum Gasteiger partial charge on any atom is -0.497 e. The zero-order chi connectivity index (χ0) is 22.9. The van der Waals surface area contributed by atoms with E-state index >= 15 is 0 Å². The number of ether oxygens (including phenoxy) is 3. The lowest BCUT2D eigenvalue weighted by atomic mass is 10.2. The fourth-order valence-electron chi connectivity index (χ4n) is 2.65. The number of nitrogens with one attached hydrogen (secondary N) is 2. The van der Waals surface area contributed by atoms with Crippen LogP contribution in [0.3, 0.4) is 0 Å². The molecule has 0 radical (unpaired) electrons. The van der Waals surface area contributed by atoms with Gasteiger partial charge in [0.15, 0.2) is 6.61 Å². The smallest absolute Gasteiger partial charge is 0.340 e. The molecular weight excluding hydrogens is 420 g/mol. The number of anilines is 2. The third-order valence-corrected chi connectivity index (χ3v) is 4.09. The molecule has 2 N–H and O–H groups in total. The second-order valence-corrected chi connectivity index (χ2v) is 6.33. The molecule has 1 aromatic heterocycles. The number of tetrazole rings is 1. The van der Waals surface area contributed by atoms with Crippen molar-refractivity contribution in [2.75, 3.05) is 31.5 Å². The van der Waals surface area contributed by atoms with Crippen molar-refractivity contribution in [2.24, 2.45) is 0 Å². The van der Waals surface area contributed by atoms with Crippen molar-refractivity contribution in [2.45, 2.75) is 6.54 Å². The van der Waals surface area contributed by atoms with Crippen LogP contribution in [0.1, 0.15) is 10.4 Å². The van der Waals surface area contributed by atoms with Gasteiger partial charge in [0.05, 0.1) is 25.5 Å². The van der Waals surface area contributed by atoms with E-state index in [0.717, 1.165) is 0 Å². The first-order valence-electron chi connectivity index (χ1n) is 9.28. The van der Waals surface area contributed by atoms with Crippen molar-refractivity contribution in [1.29, 1.82) is 0 Å². The Bertz CT molecular complexity index is 1080. The number of carbonyl (C=O) groups excluding carboxylic acids is 3. The third kappa shape index (κ3) is 6.01. The maximum Gasteiger partial charge on any atom is 0.340 e. The van der Waals surface area contributed by atoms with Crippen LogP contribution >= 0.6 is 0 Å². The van der Waals surface area contributed by atoms with Crippen molar-refractivity contribution in [3.8, 4) is 11.5 Å². The molecule has 0 atom stereocenters. The van der Waals surface area contributed by atoms with E-state index in [1.54, 1.807) is 30.3 Å². The number of aromatic nitrogens is 4. The molecule has 3 rings (SSSR count). The Kier molecular flexibility index (Phi) is 7.30. The van der Waals surface area contributed by atoms with E-state index in [1.165, 1.54) is 37.4 Å². The van der Waals surface area contributed by atoms with Gasteiger partial charge in [0.2, 0.25) is 5.91 Å². The maximum absolute atomic E-state index is 12.5. The first kappa shape index (κ1) is 22.2. The first-order valence-corrected chi connectivity index (χ1v) is 9.28. The molecule has 166 valence electrons. The Labute approximate surface area is 182 Å².